The summed E-state index contributed by atoms with van der Waals surface area (Å²) >= 11 is 0. The first kappa shape index (κ1) is 8.75. The average Bonchev–Trinajstić information content (AvgIpc) is 2.70. The van der Waals surface area contributed by atoms with Crippen LogP contribution in [0.5, 0.6) is 0 Å². The Morgan fingerprint density at radius 2 is 2.46 bits per heavy atom. The first-order chi connectivity index (χ1) is 6.21. The van der Waals surface area contributed by atoms with E-state index in [-0.39, 0.29) is 0 Å². The van der Waals surface area contributed by atoms with Crippen LogP contribution in [0.25, 0.3) is 0 Å². The molecule has 1 aliphatic rings. The van der Waals surface area contributed by atoms with Gasteiger partial charge in [0, 0.05) is 12.1 Å². The molecule has 3 nitrogen and oxygen atoms in total. The van der Waals surface area contributed by atoms with E-state index in [1.54, 1.807) is 6.20 Å². The standard InChI is InChI=1S/C10H16N2O/c1-8(10(2)4-5-10)11-7-9-3-6-12-13-9/h3,6,8,11H,4-5,7H2,1-2H3. The molecule has 0 bridgehead atoms. The average molecular weight is 180 g/mol. The third-order valence-electron chi connectivity index (χ3n) is 3.16. The Hall–Kier alpha value is -0.830. The molecular formula is C10H16N2O. The van der Waals surface area contributed by atoms with Crippen molar-refractivity contribution >= 4 is 0 Å². The van der Waals surface area contributed by atoms with E-state index >= 15 is 0 Å². The second-order valence-electron chi connectivity index (χ2n) is 4.24. The van der Waals surface area contributed by atoms with Crippen molar-refractivity contribution in [2.45, 2.75) is 39.3 Å². The van der Waals surface area contributed by atoms with Crippen LogP contribution in [-0.4, -0.2) is 11.2 Å². The molecule has 3 heteroatoms. The summed E-state index contributed by atoms with van der Waals surface area (Å²) in [5.74, 6) is 0.913. The van der Waals surface area contributed by atoms with Crippen molar-refractivity contribution in [3.8, 4) is 0 Å². The Morgan fingerprint density at radius 3 is 3.00 bits per heavy atom. The summed E-state index contributed by atoms with van der Waals surface area (Å²) in [5.41, 5.74) is 0.528. The number of hydrogen-bond acceptors (Lipinski definition) is 3. The molecule has 1 aromatic rings. The second kappa shape index (κ2) is 3.14. The molecule has 1 aliphatic carbocycles. The van der Waals surface area contributed by atoms with Crippen molar-refractivity contribution in [3.05, 3.63) is 18.0 Å². The fraction of sp³-hybridized carbons (Fsp3) is 0.700. The van der Waals surface area contributed by atoms with Gasteiger partial charge in [0.2, 0.25) is 0 Å². The third-order valence-corrected chi connectivity index (χ3v) is 3.16. The Morgan fingerprint density at radius 1 is 1.69 bits per heavy atom. The number of nitrogens with zero attached hydrogens (tertiary/aromatic N) is 1. The van der Waals surface area contributed by atoms with Crippen LogP contribution < -0.4 is 5.32 Å². The smallest absolute Gasteiger partial charge is 0.150 e. The van der Waals surface area contributed by atoms with Crippen LogP contribution in [0, 0.1) is 5.41 Å². The van der Waals surface area contributed by atoms with Crippen LogP contribution in [0.15, 0.2) is 16.8 Å². The molecule has 0 saturated heterocycles. The summed E-state index contributed by atoms with van der Waals surface area (Å²) < 4.78 is 5.00. The fourth-order valence-corrected chi connectivity index (χ4v) is 1.46. The van der Waals surface area contributed by atoms with Crippen LogP contribution in [0.4, 0.5) is 0 Å². The van der Waals surface area contributed by atoms with E-state index in [0.29, 0.717) is 11.5 Å². The van der Waals surface area contributed by atoms with Crippen LogP contribution >= 0.6 is 0 Å². The van der Waals surface area contributed by atoms with Gasteiger partial charge in [0.1, 0.15) is 5.76 Å². The highest BCUT2D eigenvalue weighted by Crippen LogP contribution is 2.47. The Labute approximate surface area is 78.5 Å². The zero-order chi connectivity index (χ0) is 9.31. The van der Waals surface area contributed by atoms with E-state index in [4.69, 9.17) is 4.52 Å². The quantitative estimate of drug-likeness (QED) is 0.769. The minimum Gasteiger partial charge on any atom is -0.360 e. The maximum absolute atomic E-state index is 5.00. The predicted molar refractivity (Wildman–Crippen MR) is 50.1 cm³/mol. The molecule has 1 fully saturated rings. The lowest BCUT2D eigenvalue weighted by Crippen LogP contribution is -2.32. The monoisotopic (exact) mass is 180 g/mol. The normalized spacial score (nSPS) is 21.4. The molecule has 0 spiro atoms. The highest BCUT2D eigenvalue weighted by Gasteiger charge is 2.42. The first-order valence-electron chi connectivity index (χ1n) is 4.84. The molecule has 1 heterocycles. The lowest BCUT2D eigenvalue weighted by molar-refractivity contribution is 0.333. The lowest BCUT2D eigenvalue weighted by Gasteiger charge is -2.19. The van der Waals surface area contributed by atoms with E-state index in [2.05, 4.69) is 24.3 Å². The van der Waals surface area contributed by atoms with Gasteiger partial charge >= 0.3 is 0 Å². The fourth-order valence-electron chi connectivity index (χ4n) is 1.46. The van der Waals surface area contributed by atoms with E-state index in [0.717, 1.165) is 12.3 Å². The molecule has 1 aromatic heterocycles. The molecule has 72 valence electrons. The molecule has 1 atom stereocenters. The topological polar surface area (TPSA) is 38.1 Å². The molecule has 1 N–H and O–H groups in total. The summed E-state index contributed by atoms with van der Waals surface area (Å²) in [7, 11) is 0. The summed E-state index contributed by atoms with van der Waals surface area (Å²) in [5, 5.41) is 7.12. The highest BCUT2D eigenvalue weighted by atomic mass is 16.5. The van der Waals surface area contributed by atoms with E-state index < -0.39 is 0 Å². The maximum Gasteiger partial charge on any atom is 0.150 e. The highest BCUT2D eigenvalue weighted by molar-refractivity contribution is 4.99. The van der Waals surface area contributed by atoms with Crippen LogP contribution in [0.1, 0.15) is 32.4 Å². The van der Waals surface area contributed by atoms with Gasteiger partial charge in [-0.2, -0.15) is 0 Å². The molecule has 0 aromatic carbocycles. The van der Waals surface area contributed by atoms with Gasteiger partial charge in [0.05, 0.1) is 12.7 Å². The SMILES string of the molecule is CC(NCc1ccno1)C1(C)CC1. The molecule has 0 radical (unpaired) electrons. The largest absolute Gasteiger partial charge is 0.360 e. The zero-order valence-corrected chi connectivity index (χ0v) is 8.21. The molecule has 0 aliphatic heterocycles. The van der Waals surface area contributed by atoms with Crippen molar-refractivity contribution < 1.29 is 4.52 Å². The summed E-state index contributed by atoms with van der Waals surface area (Å²) in [6.07, 6.45) is 4.37. The van der Waals surface area contributed by atoms with Gasteiger partial charge in [-0.25, -0.2) is 0 Å². The van der Waals surface area contributed by atoms with Gasteiger partial charge in [-0.05, 0) is 25.2 Å². The predicted octanol–water partition coefficient (Wildman–Crippen LogP) is 1.95. The van der Waals surface area contributed by atoms with Gasteiger partial charge in [-0.15, -0.1) is 0 Å². The van der Waals surface area contributed by atoms with Gasteiger partial charge in [-0.1, -0.05) is 12.1 Å². The number of hydrogen-bond donors (Lipinski definition) is 1. The van der Waals surface area contributed by atoms with Crippen LogP contribution in [-0.2, 0) is 6.54 Å². The Kier molecular flexibility index (Phi) is 2.12. The van der Waals surface area contributed by atoms with Crippen LogP contribution in [0.3, 0.4) is 0 Å². The summed E-state index contributed by atoms with van der Waals surface area (Å²) in [4.78, 5) is 0. The first-order valence-corrected chi connectivity index (χ1v) is 4.84. The summed E-state index contributed by atoms with van der Waals surface area (Å²) in [6.45, 7) is 5.35. The Bertz CT molecular complexity index is 264. The molecule has 0 amide bonds. The van der Waals surface area contributed by atoms with Gasteiger partial charge in [0.15, 0.2) is 0 Å². The Balaban J connectivity index is 1.79. The summed E-state index contributed by atoms with van der Waals surface area (Å²) in [6, 6.07) is 2.46. The molecule has 1 saturated carbocycles. The van der Waals surface area contributed by atoms with E-state index in [1.807, 2.05) is 6.07 Å². The second-order valence-corrected chi connectivity index (χ2v) is 4.24. The molecular weight excluding hydrogens is 164 g/mol. The molecule has 13 heavy (non-hydrogen) atoms. The van der Waals surface area contributed by atoms with Gasteiger partial charge < -0.3 is 9.84 Å². The van der Waals surface area contributed by atoms with Crippen molar-refractivity contribution in [1.82, 2.24) is 10.5 Å². The minimum absolute atomic E-state index is 0.528. The molecule has 1 unspecified atom stereocenters. The number of nitrogens with one attached hydrogen (secondary N) is 1. The lowest BCUT2D eigenvalue weighted by atomic mass is 10.0. The number of aromatic nitrogens is 1. The van der Waals surface area contributed by atoms with Crippen molar-refractivity contribution in [2.24, 2.45) is 5.41 Å². The van der Waals surface area contributed by atoms with Gasteiger partial charge in [0.25, 0.3) is 0 Å². The number of rotatable bonds is 4. The third kappa shape index (κ3) is 1.91. The van der Waals surface area contributed by atoms with E-state index in [1.165, 1.54) is 12.8 Å². The van der Waals surface area contributed by atoms with Crippen molar-refractivity contribution in [2.75, 3.05) is 0 Å². The maximum atomic E-state index is 5.00. The van der Waals surface area contributed by atoms with Crippen molar-refractivity contribution in [3.63, 3.8) is 0 Å². The minimum atomic E-state index is 0.528. The van der Waals surface area contributed by atoms with E-state index in [9.17, 15) is 0 Å². The zero-order valence-electron chi connectivity index (χ0n) is 8.21. The van der Waals surface area contributed by atoms with Gasteiger partial charge in [-0.3, -0.25) is 0 Å². The molecule has 2 rings (SSSR count). The van der Waals surface area contributed by atoms with Crippen LogP contribution in [0.2, 0.25) is 0 Å². The van der Waals surface area contributed by atoms with Crippen molar-refractivity contribution in [1.29, 1.82) is 0 Å².